The van der Waals surface area contributed by atoms with Crippen molar-refractivity contribution < 1.29 is 18.7 Å². The minimum Gasteiger partial charge on any atom is -0.444 e. The van der Waals surface area contributed by atoms with Gasteiger partial charge >= 0.3 is 6.09 Å². The predicted molar refractivity (Wildman–Crippen MR) is 104 cm³/mol. The van der Waals surface area contributed by atoms with Crippen LogP contribution in [0.5, 0.6) is 0 Å². The van der Waals surface area contributed by atoms with Gasteiger partial charge in [-0.2, -0.15) is 0 Å². The van der Waals surface area contributed by atoms with Gasteiger partial charge in [-0.1, -0.05) is 20.8 Å². The van der Waals surface area contributed by atoms with Gasteiger partial charge < -0.3 is 13.9 Å². The SMILES string of the molecule is COCN(C(=O)OC(C)(C)C)[C@H]1CC[C@H](O[Si](C)(C)C(C)(C)C)CC1. The molecule has 0 aliphatic heterocycles. The van der Waals surface area contributed by atoms with Crippen molar-refractivity contribution in [2.45, 2.75) is 103 Å². The van der Waals surface area contributed by atoms with Crippen LogP contribution in [0.3, 0.4) is 0 Å². The molecule has 25 heavy (non-hydrogen) atoms. The Morgan fingerprint density at radius 1 is 1.04 bits per heavy atom. The van der Waals surface area contributed by atoms with E-state index >= 15 is 0 Å². The van der Waals surface area contributed by atoms with Gasteiger partial charge in [0.2, 0.25) is 0 Å². The van der Waals surface area contributed by atoms with Crippen molar-refractivity contribution >= 4 is 14.4 Å². The molecule has 1 aliphatic rings. The quantitative estimate of drug-likeness (QED) is 0.493. The Morgan fingerprint density at radius 3 is 1.96 bits per heavy atom. The molecule has 0 unspecified atom stereocenters. The van der Waals surface area contributed by atoms with Crippen molar-refractivity contribution in [3.63, 3.8) is 0 Å². The molecule has 0 heterocycles. The van der Waals surface area contributed by atoms with Gasteiger partial charge in [0, 0.05) is 19.3 Å². The minimum atomic E-state index is -1.74. The summed E-state index contributed by atoms with van der Waals surface area (Å²) in [6.07, 6.45) is 3.85. The standard InChI is InChI=1S/C19H39NO4Si/c1-18(2,3)23-17(21)20(14-22-7)15-10-12-16(13-11-15)24-25(8,9)19(4,5)6/h15-16H,10-14H2,1-9H3/t15-,16-. The van der Waals surface area contributed by atoms with E-state index < -0.39 is 13.9 Å². The van der Waals surface area contributed by atoms with Crippen molar-refractivity contribution in [2.24, 2.45) is 0 Å². The van der Waals surface area contributed by atoms with Crippen LogP contribution >= 0.6 is 0 Å². The number of carbonyl (C=O) groups excluding carboxylic acids is 1. The maximum Gasteiger partial charge on any atom is 0.412 e. The van der Waals surface area contributed by atoms with Crippen LogP contribution in [0.25, 0.3) is 0 Å². The van der Waals surface area contributed by atoms with Crippen LogP contribution in [-0.4, -0.2) is 50.9 Å². The van der Waals surface area contributed by atoms with Gasteiger partial charge in [-0.05, 0) is 64.6 Å². The highest BCUT2D eigenvalue weighted by molar-refractivity contribution is 6.74. The molecule has 1 aliphatic carbocycles. The second-order valence-electron chi connectivity index (χ2n) is 9.68. The van der Waals surface area contributed by atoms with Crippen LogP contribution in [0.15, 0.2) is 0 Å². The van der Waals surface area contributed by atoms with Gasteiger partial charge in [0.25, 0.3) is 0 Å². The number of rotatable bonds is 5. The van der Waals surface area contributed by atoms with Gasteiger partial charge in [-0.15, -0.1) is 0 Å². The molecular weight excluding hydrogens is 334 g/mol. The Labute approximate surface area is 155 Å². The fourth-order valence-corrected chi connectivity index (χ4v) is 4.26. The Balaban J connectivity index is 2.64. The summed E-state index contributed by atoms with van der Waals surface area (Å²) in [6, 6.07) is 0.161. The second kappa shape index (κ2) is 8.40. The van der Waals surface area contributed by atoms with E-state index in [9.17, 15) is 4.79 Å². The number of hydrogen-bond donors (Lipinski definition) is 0. The third-order valence-corrected chi connectivity index (χ3v) is 9.78. The zero-order valence-corrected chi connectivity index (χ0v) is 18.8. The van der Waals surface area contributed by atoms with Crippen molar-refractivity contribution in [1.82, 2.24) is 4.90 Å². The Bertz CT molecular complexity index is 432. The molecule has 0 bridgehead atoms. The van der Waals surface area contributed by atoms with Crippen LogP contribution in [0.1, 0.15) is 67.2 Å². The van der Waals surface area contributed by atoms with Gasteiger partial charge in [0.1, 0.15) is 12.3 Å². The number of hydrogen-bond acceptors (Lipinski definition) is 4. The van der Waals surface area contributed by atoms with E-state index in [1.807, 2.05) is 20.8 Å². The fraction of sp³-hybridized carbons (Fsp3) is 0.947. The predicted octanol–water partition coefficient (Wildman–Crippen LogP) is 5.16. The van der Waals surface area contributed by atoms with E-state index in [2.05, 4.69) is 33.9 Å². The number of nitrogens with zero attached hydrogens (tertiary/aromatic N) is 1. The molecule has 0 aromatic carbocycles. The highest BCUT2D eigenvalue weighted by Gasteiger charge is 2.40. The van der Waals surface area contributed by atoms with Crippen LogP contribution in [0.4, 0.5) is 4.79 Å². The molecular formula is C19H39NO4Si. The molecule has 1 amide bonds. The topological polar surface area (TPSA) is 48.0 Å². The summed E-state index contributed by atoms with van der Waals surface area (Å²) in [5.74, 6) is 0. The lowest BCUT2D eigenvalue weighted by Crippen LogP contribution is -2.49. The van der Waals surface area contributed by atoms with Crippen LogP contribution in [-0.2, 0) is 13.9 Å². The number of carbonyl (C=O) groups is 1. The van der Waals surface area contributed by atoms with Crippen LogP contribution < -0.4 is 0 Å². The Kier molecular flexibility index (Phi) is 7.54. The largest absolute Gasteiger partial charge is 0.444 e. The third-order valence-electron chi connectivity index (χ3n) is 5.25. The highest BCUT2D eigenvalue weighted by Crippen LogP contribution is 2.39. The highest BCUT2D eigenvalue weighted by atomic mass is 28.4. The van der Waals surface area contributed by atoms with E-state index in [-0.39, 0.29) is 23.9 Å². The van der Waals surface area contributed by atoms with E-state index in [4.69, 9.17) is 13.9 Å². The maximum absolute atomic E-state index is 12.5. The summed E-state index contributed by atoms with van der Waals surface area (Å²) in [7, 11) is -0.126. The lowest BCUT2D eigenvalue weighted by molar-refractivity contribution is -0.0279. The molecule has 148 valence electrons. The summed E-state index contributed by atoms with van der Waals surface area (Å²) in [4.78, 5) is 14.2. The molecule has 0 N–H and O–H groups in total. The summed E-state index contributed by atoms with van der Waals surface area (Å²) in [5.41, 5.74) is -0.494. The maximum atomic E-state index is 12.5. The number of methoxy groups -OCH3 is 1. The molecule has 1 saturated carbocycles. The monoisotopic (exact) mass is 373 g/mol. The molecule has 0 saturated heterocycles. The average Bonchev–Trinajstić information content (AvgIpc) is 2.42. The molecule has 0 aromatic heterocycles. The van der Waals surface area contributed by atoms with Crippen molar-refractivity contribution in [1.29, 1.82) is 0 Å². The normalized spacial score (nSPS) is 22.6. The molecule has 6 heteroatoms. The number of amides is 1. The molecule has 1 rings (SSSR count). The molecule has 0 radical (unpaired) electrons. The van der Waals surface area contributed by atoms with Crippen molar-refractivity contribution in [2.75, 3.05) is 13.8 Å². The molecule has 0 atom stereocenters. The van der Waals surface area contributed by atoms with Gasteiger partial charge in [-0.3, -0.25) is 4.90 Å². The van der Waals surface area contributed by atoms with Gasteiger partial charge in [0.15, 0.2) is 8.32 Å². The molecule has 5 nitrogen and oxygen atoms in total. The lowest BCUT2D eigenvalue weighted by atomic mass is 9.92. The number of ether oxygens (including phenoxy) is 2. The molecule has 1 fully saturated rings. The summed E-state index contributed by atoms with van der Waals surface area (Å²) < 4.78 is 17.3. The fourth-order valence-electron chi connectivity index (χ4n) is 2.84. The smallest absolute Gasteiger partial charge is 0.412 e. The minimum absolute atomic E-state index is 0.161. The first-order valence-electron chi connectivity index (χ1n) is 9.43. The lowest BCUT2D eigenvalue weighted by Gasteiger charge is -2.42. The van der Waals surface area contributed by atoms with Crippen LogP contribution in [0.2, 0.25) is 18.1 Å². The first kappa shape index (κ1) is 22.4. The zero-order chi connectivity index (χ0) is 19.5. The van der Waals surface area contributed by atoms with Crippen molar-refractivity contribution in [3.05, 3.63) is 0 Å². The average molecular weight is 374 g/mol. The first-order chi connectivity index (χ1) is 11.3. The second-order valence-corrected chi connectivity index (χ2v) is 14.4. The summed E-state index contributed by atoms with van der Waals surface area (Å²) in [5, 5.41) is 0.225. The van der Waals surface area contributed by atoms with Crippen molar-refractivity contribution in [3.8, 4) is 0 Å². The summed E-state index contributed by atoms with van der Waals surface area (Å²) in [6.45, 7) is 17.4. The van der Waals surface area contributed by atoms with E-state index in [0.29, 0.717) is 6.10 Å². The Morgan fingerprint density at radius 2 is 1.56 bits per heavy atom. The third kappa shape index (κ3) is 6.91. The van der Waals surface area contributed by atoms with Gasteiger partial charge in [-0.25, -0.2) is 4.79 Å². The first-order valence-corrected chi connectivity index (χ1v) is 12.3. The van der Waals surface area contributed by atoms with E-state index in [1.165, 1.54) is 0 Å². The zero-order valence-electron chi connectivity index (χ0n) is 17.8. The van der Waals surface area contributed by atoms with E-state index in [1.54, 1.807) is 12.0 Å². The van der Waals surface area contributed by atoms with Crippen LogP contribution in [0, 0.1) is 0 Å². The molecule has 0 aromatic rings. The molecule has 0 spiro atoms. The van der Waals surface area contributed by atoms with E-state index in [0.717, 1.165) is 25.7 Å². The Hall–Kier alpha value is -0.593. The van der Waals surface area contributed by atoms with Gasteiger partial charge in [0.05, 0.1) is 0 Å². The summed E-state index contributed by atoms with van der Waals surface area (Å²) >= 11 is 0.